The molecule has 0 saturated heterocycles. The zero-order valence-corrected chi connectivity index (χ0v) is 6.66. The highest BCUT2D eigenvalue weighted by atomic mass is 19.1. The van der Waals surface area contributed by atoms with Gasteiger partial charge in [0.2, 0.25) is 0 Å². The topological polar surface area (TPSA) is 56.2 Å². The maximum atomic E-state index is 13.0. The van der Waals surface area contributed by atoms with Crippen LogP contribution in [0.25, 0.3) is 0 Å². The Morgan fingerprint density at radius 2 is 2.50 bits per heavy atom. The molecule has 2 heterocycles. The van der Waals surface area contributed by atoms with E-state index in [4.69, 9.17) is 5.73 Å². The molecule has 1 unspecified atom stereocenters. The number of rotatable bonds is 0. The van der Waals surface area contributed by atoms with E-state index in [1.807, 2.05) is 6.92 Å². The lowest BCUT2D eigenvalue weighted by molar-refractivity contribution is 0.514. The minimum Gasteiger partial charge on any atom is -0.382 e. The quantitative estimate of drug-likeness (QED) is 0.598. The van der Waals surface area contributed by atoms with Crippen molar-refractivity contribution in [2.45, 2.75) is 19.5 Å². The molecule has 1 aliphatic rings. The molecule has 0 fully saturated rings. The van der Waals surface area contributed by atoms with Gasteiger partial charge in [-0.2, -0.15) is 5.10 Å². The van der Waals surface area contributed by atoms with Gasteiger partial charge in [-0.15, -0.1) is 0 Å². The molecule has 1 aromatic heterocycles. The molecule has 12 heavy (non-hydrogen) atoms. The molecule has 1 aromatic rings. The maximum absolute atomic E-state index is 13.0. The van der Waals surface area contributed by atoms with Gasteiger partial charge in [0, 0.05) is 0 Å². The van der Waals surface area contributed by atoms with Crippen molar-refractivity contribution in [3.63, 3.8) is 0 Å². The van der Waals surface area contributed by atoms with Crippen molar-refractivity contribution in [2.24, 2.45) is 10.7 Å². The van der Waals surface area contributed by atoms with Crippen LogP contribution >= 0.6 is 0 Å². The predicted molar refractivity (Wildman–Crippen MR) is 42.4 cm³/mol. The molecule has 0 radical (unpaired) electrons. The Morgan fingerprint density at radius 1 is 1.75 bits per heavy atom. The smallest absolute Gasteiger partial charge is 0.172 e. The van der Waals surface area contributed by atoms with E-state index in [2.05, 4.69) is 10.1 Å². The average molecular weight is 168 g/mol. The number of aliphatic imine (C=N–C) groups is 1. The number of amidine groups is 1. The standard InChI is InChI=1S/C7H9FN4/c1-4-3-12-6(7(9)11-4)5(8)2-10-12/h2,4H,3H2,1H3,(H2,9,11). The Balaban J connectivity index is 2.55. The number of aromatic nitrogens is 2. The number of fused-ring (bicyclic) bond motifs is 1. The Hall–Kier alpha value is -1.39. The van der Waals surface area contributed by atoms with Crippen molar-refractivity contribution < 1.29 is 4.39 Å². The molecule has 0 spiro atoms. The monoisotopic (exact) mass is 168 g/mol. The highest BCUT2D eigenvalue weighted by Crippen LogP contribution is 2.12. The fourth-order valence-corrected chi connectivity index (χ4v) is 1.35. The first kappa shape index (κ1) is 7.27. The second-order valence-electron chi connectivity index (χ2n) is 2.89. The summed E-state index contributed by atoms with van der Waals surface area (Å²) in [7, 11) is 0. The largest absolute Gasteiger partial charge is 0.382 e. The average Bonchev–Trinajstić information content (AvgIpc) is 2.31. The molecule has 0 saturated carbocycles. The van der Waals surface area contributed by atoms with Gasteiger partial charge in [0.15, 0.2) is 5.82 Å². The van der Waals surface area contributed by atoms with E-state index in [0.29, 0.717) is 12.2 Å². The van der Waals surface area contributed by atoms with E-state index >= 15 is 0 Å². The summed E-state index contributed by atoms with van der Waals surface area (Å²) in [5, 5.41) is 3.84. The summed E-state index contributed by atoms with van der Waals surface area (Å²) in [5.74, 6) is -0.160. The van der Waals surface area contributed by atoms with Gasteiger partial charge < -0.3 is 5.73 Å². The van der Waals surface area contributed by atoms with Gasteiger partial charge in [-0.05, 0) is 6.92 Å². The maximum Gasteiger partial charge on any atom is 0.172 e. The van der Waals surface area contributed by atoms with Crippen LogP contribution in [0.5, 0.6) is 0 Å². The molecular formula is C7H9FN4. The highest BCUT2D eigenvalue weighted by molar-refractivity contribution is 5.96. The molecule has 1 aliphatic heterocycles. The van der Waals surface area contributed by atoms with Gasteiger partial charge in [-0.1, -0.05) is 0 Å². The van der Waals surface area contributed by atoms with Crippen LogP contribution in [0.4, 0.5) is 4.39 Å². The van der Waals surface area contributed by atoms with E-state index < -0.39 is 5.82 Å². The van der Waals surface area contributed by atoms with E-state index in [-0.39, 0.29) is 11.9 Å². The lowest BCUT2D eigenvalue weighted by Crippen LogP contribution is -2.30. The second-order valence-corrected chi connectivity index (χ2v) is 2.89. The molecule has 0 amide bonds. The summed E-state index contributed by atoms with van der Waals surface area (Å²) in [4.78, 5) is 4.05. The Morgan fingerprint density at radius 3 is 3.25 bits per heavy atom. The molecule has 5 heteroatoms. The predicted octanol–water partition coefficient (Wildman–Crippen LogP) is 0.130. The molecular weight excluding hydrogens is 159 g/mol. The molecule has 0 aliphatic carbocycles. The van der Waals surface area contributed by atoms with Crippen LogP contribution in [0, 0.1) is 5.82 Å². The third kappa shape index (κ3) is 0.895. The summed E-state index contributed by atoms with van der Waals surface area (Å²) < 4.78 is 14.5. The number of halogens is 1. The molecule has 4 nitrogen and oxygen atoms in total. The van der Waals surface area contributed by atoms with E-state index in [1.54, 1.807) is 4.68 Å². The van der Waals surface area contributed by atoms with Gasteiger partial charge in [0.25, 0.3) is 0 Å². The van der Waals surface area contributed by atoms with Gasteiger partial charge in [0.1, 0.15) is 11.5 Å². The highest BCUT2D eigenvalue weighted by Gasteiger charge is 2.20. The first-order valence-corrected chi connectivity index (χ1v) is 3.73. The van der Waals surface area contributed by atoms with E-state index in [1.165, 1.54) is 0 Å². The fourth-order valence-electron chi connectivity index (χ4n) is 1.35. The van der Waals surface area contributed by atoms with Gasteiger partial charge in [-0.3, -0.25) is 9.67 Å². The summed E-state index contributed by atoms with van der Waals surface area (Å²) in [5.41, 5.74) is 5.84. The van der Waals surface area contributed by atoms with Crippen LogP contribution < -0.4 is 5.73 Å². The second kappa shape index (κ2) is 2.30. The molecule has 1 atom stereocenters. The van der Waals surface area contributed by atoms with Crippen LogP contribution in [-0.4, -0.2) is 21.7 Å². The number of hydrogen-bond donors (Lipinski definition) is 1. The van der Waals surface area contributed by atoms with Crippen molar-refractivity contribution in [3.8, 4) is 0 Å². The van der Waals surface area contributed by atoms with Crippen molar-refractivity contribution in [3.05, 3.63) is 17.7 Å². The SMILES string of the molecule is CC1Cn2ncc(F)c2C(N)=N1. The first-order chi connectivity index (χ1) is 5.68. The third-order valence-corrected chi connectivity index (χ3v) is 1.83. The first-order valence-electron chi connectivity index (χ1n) is 3.73. The molecule has 2 rings (SSSR count). The molecule has 0 aromatic carbocycles. The Labute approximate surface area is 68.9 Å². The van der Waals surface area contributed by atoms with Crippen LogP contribution in [0.15, 0.2) is 11.2 Å². The lowest BCUT2D eigenvalue weighted by atomic mass is 10.2. The van der Waals surface area contributed by atoms with E-state index in [0.717, 1.165) is 6.20 Å². The van der Waals surface area contributed by atoms with Crippen molar-refractivity contribution >= 4 is 5.84 Å². The van der Waals surface area contributed by atoms with Crippen molar-refractivity contribution in [1.29, 1.82) is 0 Å². The van der Waals surface area contributed by atoms with Crippen LogP contribution in [-0.2, 0) is 6.54 Å². The molecule has 0 bridgehead atoms. The molecule has 64 valence electrons. The van der Waals surface area contributed by atoms with Crippen molar-refractivity contribution in [2.75, 3.05) is 0 Å². The minimum atomic E-state index is -0.400. The minimum absolute atomic E-state index is 0.0804. The van der Waals surface area contributed by atoms with Gasteiger partial charge >= 0.3 is 0 Å². The van der Waals surface area contributed by atoms with Crippen molar-refractivity contribution in [1.82, 2.24) is 9.78 Å². The Bertz CT molecular complexity index is 341. The van der Waals surface area contributed by atoms with Gasteiger partial charge in [-0.25, -0.2) is 4.39 Å². The zero-order chi connectivity index (χ0) is 8.72. The number of nitrogens with two attached hydrogens (primary N) is 1. The number of hydrogen-bond acceptors (Lipinski definition) is 3. The van der Waals surface area contributed by atoms with Crippen LogP contribution in [0.1, 0.15) is 12.6 Å². The summed E-state index contributed by atoms with van der Waals surface area (Å²) in [6, 6.07) is 0.0804. The Kier molecular flexibility index (Phi) is 1.39. The van der Waals surface area contributed by atoms with Crippen LogP contribution in [0.2, 0.25) is 0 Å². The van der Waals surface area contributed by atoms with Crippen LogP contribution in [0.3, 0.4) is 0 Å². The normalized spacial score (nSPS) is 21.8. The fraction of sp³-hybridized carbons (Fsp3) is 0.429. The third-order valence-electron chi connectivity index (χ3n) is 1.83. The summed E-state index contributed by atoms with van der Waals surface area (Å²) >= 11 is 0. The number of nitrogens with zero attached hydrogens (tertiary/aromatic N) is 3. The zero-order valence-electron chi connectivity index (χ0n) is 6.66. The van der Waals surface area contributed by atoms with E-state index in [9.17, 15) is 4.39 Å². The van der Waals surface area contributed by atoms with Gasteiger partial charge in [0.05, 0.1) is 18.8 Å². The summed E-state index contributed by atoms with van der Waals surface area (Å²) in [6.45, 7) is 2.51. The lowest BCUT2D eigenvalue weighted by Gasteiger charge is -2.16. The summed E-state index contributed by atoms with van der Waals surface area (Å²) in [6.07, 6.45) is 1.16. The molecule has 2 N–H and O–H groups in total.